The molecule has 0 aliphatic carbocycles. The molecule has 45 heavy (non-hydrogen) atoms. The van der Waals surface area contributed by atoms with E-state index in [-0.39, 0.29) is 23.6 Å². The predicted octanol–water partition coefficient (Wildman–Crippen LogP) is 0.710. The highest BCUT2D eigenvalue weighted by Crippen LogP contribution is 2.58. The summed E-state index contributed by atoms with van der Waals surface area (Å²) < 4.78 is 60.6. The topological polar surface area (TPSA) is 218 Å². The molecule has 4 aliphatic heterocycles. The van der Waals surface area contributed by atoms with Gasteiger partial charge >= 0.3 is 13.4 Å². The maximum Gasteiger partial charge on any atom is 0.325 e. The number of nitrogen functional groups attached to an aromatic ring is 1. The zero-order chi connectivity index (χ0) is 31.3. The van der Waals surface area contributed by atoms with Crippen LogP contribution in [0.5, 0.6) is 0 Å². The first kappa shape index (κ1) is 30.1. The summed E-state index contributed by atoms with van der Waals surface area (Å²) in [5.74, 6) is 0.0915. The summed E-state index contributed by atoms with van der Waals surface area (Å²) in [4.78, 5) is 47.6. The Morgan fingerprint density at radius 1 is 0.911 bits per heavy atom. The van der Waals surface area contributed by atoms with E-state index in [1.165, 1.54) is 29.9 Å². The summed E-state index contributed by atoms with van der Waals surface area (Å²) in [5, 5.41) is 0. The lowest BCUT2D eigenvalue weighted by molar-refractivity contribution is -0.183. The Morgan fingerprint density at radius 2 is 1.60 bits per heavy atom. The van der Waals surface area contributed by atoms with Gasteiger partial charge in [0.25, 0.3) is 0 Å². The predicted molar refractivity (Wildman–Crippen MR) is 156 cm³/mol. The van der Waals surface area contributed by atoms with Crippen molar-refractivity contribution in [2.45, 2.75) is 55.6 Å². The average Bonchev–Trinajstić information content (AvgIpc) is 3.80. The Labute approximate surface area is 262 Å². The van der Waals surface area contributed by atoms with Gasteiger partial charge in [0.1, 0.15) is 53.7 Å². The number of rotatable bonds is 2. The number of alkyl halides is 1. The molecule has 0 aromatic carbocycles. The van der Waals surface area contributed by atoms with E-state index in [0.29, 0.717) is 16.9 Å². The van der Waals surface area contributed by atoms with Crippen molar-refractivity contribution in [3.8, 4) is 0 Å². The van der Waals surface area contributed by atoms with Crippen molar-refractivity contribution in [1.29, 1.82) is 0 Å². The van der Waals surface area contributed by atoms with E-state index in [0.717, 1.165) is 0 Å². The summed E-state index contributed by atoms with van der Waals surface area (Å²) in [6.07, 6.45) is -3.41. The summed E-state index contributed by atoms with van der Waals surface area (Å²) in [6.45, 7) is -7.59. The lowest BCUT2D eigenvalue weighted by Gasteiger charge is -2.33. The van der Waals surface area contributed by atoms with Crippen LogP contribution in [-0.2, 0) is 55.9 Å². The fourth-order valence-electron chi connectivity index (χ4n) is 5.97. The molecule has 8 heterocycles. The molecule has 4 fully saturated rings. The van der Waals surface area contributed by atoms with Crippen LogP contribution in [-0.4, -0.2) is 105 Å². The van der Waals surface area contributed by atoms with Gasteiger partial charge in [-0.1, -0.05) is 0 Å². The number of fused-ring (bicyclic) bond motifs is 4. The molecule has 0 amide bonds. The van der Waals surface area contributed by atoms with Gasteiger partial charge in [0, 0.05) is 0 Å². The Hall–Kier alpha value is -2.23. The van der Waals surface area contributed by atoms with Gasteiger partial charge in [-0.3, -0.25) is 18.2 Å². The van der Waals surface area contributed by atoms with Crippen LogP contribution >= 0.6 is 13.4 Å². The number of halogens is 1. The molecule has 4 aromatic heterocycles. The zero-order valence-electron chi connectivity index (χ0n) is 23.0. The van der Waals surface area contributed by atoms with Crippen LogP contribution in [0.15, 0.2) is 25.3 Å². The number of hydrogen-bond acceptors (Lipinski definition) is 16. The number of nitrogens with zero attached hydrogens (tertiary/aromatic N) is 8. The number of hydrogen-bond donors (Lipinski definition) is 3. The Kier molecular flexibility index (Phi) is 7.12. The van der Waals surface area contributed by atoms with Crippen LogP contribution in [0.4, 0.5) is 10.2 Å². The number of nitrogens with two attached hydrogens (primary N) is 1. The molecule has 0 radical (unpaired) electrons. The summed E-state index contributed by atoms with van der Waals surface area (Å²) >= 11 is 10.7. The standard InChI is InChI=1S/C22H24FN9O9P2S2/c1-9-12-18(27-5-25-9)32(7-29-12)21-15-16-22(39-21,3-35-15)4-37-43(34,45)40-14-11(23)10(2-36-42(33,44)41-16)38-20(14)31-8-30-13-17(24)26-6-28-19(13)31/h5-8,10-11,14-16,20-21H,2-4H2,1H3,(H,33,44)(H,34,45)(H2,24,26,28)/t10-,11+,14-,15-,16+,20-,21-,22-,42?,43?/m1/s1. The van der Waals surface area contributed by atoms with E-state index in [9.17, 15) is 9.79 Å². The van der Waals surface area contributed by atoms with Gasteiger partial charge in [0.15, 0.2) is 35.7 Å². The quantitative estimate of drug-likeness (QED) is 0.245. The van der Waals surface area contributed by atoms with E-state index >= 15 is 4.39 Å². The van der Waals surface area contributed by atoms with Crippen molar-refractivity contribution >= 4 is 65.2 Å². The monoisotopic (exact) mass is 703 g/mol. The molecule has 18 nitrogen and oxygen atoms in total. The zero-order valence-corrected chi connectivity index (χ0v) is 26.4. The molecule has 0 saturated carbocycles. The fourth-order valence-corrected chi connectivity index (χ4v) is 8.85. The normalized spacial score (nSPS) is 40.3. The van der Waals surface area contributed by atoms with E-state index in [1.807, 2.05) is 0 Å². The minimum absolute atomic E-state index is 0.0875. The highest BCUT2D eigenvalue weighted by Gasteiger charge is 2.65. The number of aromatic nitrogens is 8. The summed E-state index contributed by atoms with van der Waals surface area (Å²) in [6, 6.07) is 0. The van der Waals surface area contributed by atoms with Gasteiger partial charge in [-0.25, -0.2) is 34.3 Å². The molecule has 4 saturated heterocycles. The third-order valence-electron chi connectivity index (χ3n) is 8.09. The van der Waals surface area contributed by atoms with Gasteiger partial charge in [-0.05, 0) is 30.5 Å². The van der Waals surface area contributed by atoms with Crippen LogP contribution in [0.2, 0.25) is 0 Å². The van der Waals surface area contributed by atoms with Gasteiger partial charge in [-0.2, -0.15) is 0 Å². The van der Waals surface area contributed by atoms with Gasteiger partial charge in [0.2, 0.25) is 0 Å². The van der Waals surface area contributed by atoms with Crippen LogP contribution < -0.4 is 5.73 Å². The van der Waals surface area contributed by atoms with Crippen LogP contribution in [0.3, 0.4) is 0 Å². The smallest absolute Gasteiger partial charge is 0.325 e. The third-order valence-corrected chi connectivity index (χ3v) is 11.2. The van der Waals surface area contributed by atoms with E-state index in [2.05, 4.69) is 29.9 Å². The van der Waals surface area contributed by atoms with Gasteiger partial charge in [-0.15, -0.1) is 0 Å². The minimum Gasteiger partial charge on any atom is -0.382 e. The van der Waals surface area contributed by atoms with Gasteiger partial charge in [0.05, 0.1) is 38.2 Å². The second-order valence-electron chi connectivity index (χ2n) is 10.8. The average molecular weight is 704 g/mol. The molecule has 2 unspecified atom stereocenters. The Morgan fingerprint density at radius 3 is 2.40 bits per heavy atom. The second kappa shape index (κ2) is 10.6. The maximum atomic E-state index is 16.0. The highest BCUT2D eigenvalue weighted by atomic mass is 32.5. The van der Waals surface area contributed by atoms with Crippen molar-refractivity contribution in [3.05, 3.63) is 31.0 Å². The third kappa shape index (κ3) is 4.93. The number of ether oxygens (including phenoxy) is 3. The molecule has 8 rings (SSSR count). The van der Waals surface area contributed by atoms with Crippen LogP contribution in [0.25, 0.3) is 22.3 Å². The SMILES string of the molecule is Cc1ncnc2c1ncn2[C@@H]1O[C@@]23CO[C@@H]1[C@@H]2OP(O)(=S)OC[C@H]1O[C@@H](n2cnc4c(N)ncnc42)[C@H](OP(O)(=S)OC3)[C@H]1F. The molecular weight excluding hydrogens is 679 g/mol. The van der Waals surface area contributed by atoms with Crippen molar-refractivity contribution in [2.75, 3.05) is 25.6 Å². The number of aryl methyl sites for hydroxylation is 1. The summed E-state index contributed by atoms with van der Waals surface area (Å²) in [7, 11) is 0. The van der Waals surface area contributed by atoms with E-state index in [1.54, 1.807) is 11.5 Å². The second-order valence-corrected chi connectivity index (χ2v) is 16.4. The van der Waals surface area contributed by atoms with Crippen molar-refractivity contribution < 1.29 is 46.5 Å². The molecule has 0 spiro atoms. The Bertz CT molecular complexity index is 1920. The molecule has 240 valence electrons. The van der Waals surface area contributed by atoms with Crippen LogP contribution in [0.1, 0.15) is 18.1 Å². The maximum absolute atomic E-state index is 16.0. The first-order chi connectivity index (χ1) is 21.5. The molecule has 23 heteroatoms. The molecule has 4 bridgehead atoms. The van der Waals surface area contributed by atoms with Crippen molar-refractivity contribution in [2.24, 2.45) is 0 Å². The van der Waals surface area contributed by atoms with E-state index < -0.39 is 75.3 Å². The molecule has 4 N–H and O–H groups in total. The summed E-state index contributed by atoms with van der Waals surface area (Å²) in [5.41, 5.74) is 6.59. The molecular formula is C22H24FN9O9P2S2. The molecule has 4 aromatic rings. The largest absolute Gasteiger partial charge is 0.382 e. The lowest BCUT2D eigenvalue weighted by Crippen LogP contribution is -2.45. The molecule has 4 aliphatic rings. The first-order valence-electron chi connectivity index (χ1n) is 13.4. The minimum atomic E-state index is -4.22. The van der Waals surface area contributed by atoms with Crippen LogP contribution in [0, 0.1) is 6.92 Å². The molecule has 10 atom stereocenters. The highest BCUT2D eigenvalue weighted by molar-refractivity contribution is 8.07. The van der Waals surface area contributed by atoms with Crippen molar-refractivity contribution in [3.63, 3.8) is 0 Å². The lowest BCUT2D eigenvalue weighted by atomic mass is 10.0. The number of anilines is 1. The first-order valence-corrected chi connectivity index (χ1v) is 18.6. The number of imidazole rings is 2. The fraction of sp³-hybridized carbons (Fsp3) is 0.545. The van der Waals surface area contributed by atoms with Crippen molar-refractivity contribution in [1.82, 2.24) is 39.0 Å². The van der Waals surface area contributed by atoms with Gasteiger partial charge < -0.3 is 38.8 Å². The van der Waals surface area contributed by atoms with E-state index in [4.69, 9.17) is 61.7 Å². The Balaban J connectivity index is 1.14.